The standard InChI is InChI=1S/C13H15ClFN3O/c1-19-8-2-5-16-13-17-6-7-18(13)10-3-4-12(15)11(14)9-10/h3-4,6-7,9H,2,5,8H2,1H3,(H,16,17). The molecule has 0 aliphatic heterocycles. The molecule has 0 fully saturated rings. The van der Waals surface area contributed by atoms with Crippen molar-refractivity contribution in [1.82, 2.24) is 9.55 Å². The summed E-state index contributed by atoms with van der Waals surface area (Å²) in [5.41, 5.74) is 0.762. The number of hydrogen-bond donors (Lipinski definition) is 1. The van der Waals surface area contributed by atoms with E-state index in [1.807, 2.05) is 4.57 Å². The molecule has 0 bridgehead atoms. The molecule has 0 aliphatic rings. The molecule has 1 aromatic heterocycles. The van der Waals surface area contributed by atoms with Gasteiger partial charge in [0.15, 0.2) is 0 Å². The van der Waals surface area contributed by atoms with Crippen LogP contribution >= 0.6 is 11.6 Å². The van der Waals surface area contributed by atoms with Gasteiger partial charge in [-0.1, -0.05) is 11.6 Å². The molecule has 2 aromatic rings. The summed E-state index contributed by atoms with van der Waals surface area (Å²) in [5, 5.41) is 3.29. The van der Waals surface area contributed by atoms with E-state index in [4.69, 9.17) is 16.3 Å². The molecule has 1 heterocycles. The van der Waals surface area contributed by atoms with Crippen molar-refractivity contribution in [2.75, 3.05) is 25.6 Å². The van der Waals surface area contributed by atoms with Crippen molar-refractivity contribution >= 4 is 17.5 Å². The van der Waals surface area contributed by atoms with Gasteiger partial charge in [-0.2, -0.15) is 0 Å². The van der Waals surface area contributed by atoms with Crippen LogP contribution in [0.15, 0.2) is 30.6 Å². The zero-order valence-electron chi connectivity index (χ0n) is 10.6. The summed E-state index contributed by atoms with van der Waals surface area (Å²) >= 11 is 5.78. The average molecular weight is 284 g/mol. The van der Waals surface area contributed by atoms with Crippen LogP contribution < -0.4 is 5.32 Å². The first-order valence-electron chi connectivity index (χ1n) is 5.94. The van der Waals surface area contributed by atoms with Crippen molar-refractivity contribution in [2.45, 2.75) is 6.42 Å². The number of aromatic nitrogens is 2. The first-order valence-corrected chi connectivity index (χ1v) is 6.31. The van der Waals surface area contributed by atoms with E-state index in [-0.39, 0.29) is 5.02 Å². The quantitative estimate of drug-likeness (QED) is 0.828. The Labute approximate surface area is 116 Å². The third-order valence-electron chi connectivity index (χ3n) is 2.63. The zero-order chi connectivity index (χ0) is 13.7. The lowest BCUT2D eigenvalue weighted by Gasteiger charge is -2.10. The number of nitrogens with zero attached hydrogens (tertiary/aromatic N) is 2. The first kappa shape index (κ1) is 13.8. The van der Waals surface area contributed by atoms with Crippen molar-refractivity contribution in [3.8, 4) is 5.69 Å². The lowest BCUT2D eigenvalue weighted by molar-refractivity contribution is 0.197. The normalized spacial score (nSPS) is 10.7. The van der Waals surface area contributed by atoms with Gasteiger partial charge in [-0.3, -0.25) is 4.57 Å². The van der Waals surface area contributed by atoms with E-state index < -0.39 is 5.82 Å². The Morgan fingerprint density at radius 1 is 1.47 bits per heavy atom. The fourth-order valence-corrected chi connectivity index (χ4v) is 1.87. The van der Waals surface area contributed by atoms with Crippen LogP contribution in [0.4, 0.5) is 10.3 Å². The van der Waals surface area contributed by atoms with Gasteiger partial charge >= 0.3 is 0 Å². The van der Waals surface area contributed by atoms with Crippen LogP contribution in [-0.2, 0) is 4.74 Å². The highest BCUT2D eigenvalue weighted by atomic mass is 35.5. The molecule has 0 unspecified atom stereocenters. The first-order chi connectivity index (χ1) is 9.22. The summed E-state index contributed by atoms with van der Waals surface area (Å²) in [6, 6.07) is 4.56. The van der Waals surface area contributed by atoms with Crippen molar-refractivity contribution in [3.05, 3.63) is 41.4 Å². The Hall–Kier alpha value is -1.59. The second-order valence-electron chi connectivity index (χ2n) is 3.99. The number of ether oxygens (including phenoxy) is 1. The fourth-order valence-electron chi connectivity index (χ4n) is 1.69. The summed E-state index contributed by atoms with van der Waals surface area (Å²) in [6.45, 7) is 1.44. The van der Waals surface area contributed by atoms with E-state index in [0.717, 1.165) is 18.7 Å². The Kier molecular flexibility index (Phi) is 4.76. The molecule has 0 aliphatic carbocycles. The van der Waals surface area contributed by atoms with Gasteiger partial charge in [-0.15, -0.1) is 0 Å². The van der Waals surface area contributed by atoms with Crippen LogP contribution in [0.2, 0.25) is 5.02 Å². The fraction of sp³-hybridized carbons (Fsp3) is 0.308. The number of rotatable bonds is 6. The molecule has 2 rings (SSSR count). The lowest BCUT2D eigenvalue weighted by atomic mass is 10.3. The molecular weight excluding hydrogens is 269 g/mol. The van der Waals surface area contributed by atoms with Crippen LogP contribution in [0.3, 0.4) is 0 Å². The number of methoxy groups -OCH3 is 1. The van der Waals surface area contributed by atoms with Gasteiger partial charge in [0.05, 0.1) is 10.7 Å². The molecular formula is C13H15ClFN3O. The zero-order valence-corrected chi connectivity index (χ0v) is 11.3. The van der Waals surface area contributed by atoms with E-state index in [2.05, 4.69) is 10.3 Å². The van der Waals surface area contributed by atoms with Crippen molar-refractivity contribution in [3.63, 3.8) is 0 Å². The van der Waals surface area contributed by atoms with Crippen LogP contribution in [0, 0.1) is 5.82 Å². The Bertz CT molecular complexity index is 544. The van der Waals surface area contributed by atoms with E-state index in [1.54, 1.807) is 31.6 Å². The molecule has 6 heteroatoms. The lowest BCUT2D eigenvalue weighted by Crippen LogP contribution is -2.09. The summed E-state index contributed by atoms with van der Waals surface area (Å²) in [5.74, 6) is 0.263. The maximum Gasteiger partial charge on any atom is 0.207 e. The van der Waals surface area contributed by atoms with Crippen molar-refractivity contribution in [2.24, 2.45) is 0 Å². The SMILES string of the molecule is COCCCNc1nccn1-c1ccc(F)c(Cl)c1. The molecule has 0 atom stereocenters. The predicted octanol–water partition coefficient (Wildman–Crippen LogP) is 3.11. The smallest absolute Gasteiger partial charge is 0.207 e. The largest absolute Gasteiger partial charge is 0.385 e. The van der Waals surface area contributed by atoms with Gasteiger partial charge < -0.3 is 10.1 Å². The second kappa shape index (κ2) is 6.54. The van der Waals surface area contributed by atoms with Crippen molar-refractivity contribution in [1.29, 1.82) is 0 Å². The molecule has 1 aromatic carbocycles. The Morgan fingerprint density at radius 2 is 2.32 bits per heavy atom. The van der Waals surface area contributed by atoms with Crippen LogP contribution in [-0.4, -0.2) is 29.8 Å². The minimum Gasteiger partial charge on any atom is -0.385 e. The Balaban J connectivity index is 2.12. The summed E-state index contributed by atoms with van der Waals surface area (Å²) < 4.78 is 19.9. The highest BCUT2D eigenvalue weighted by molar-refractivity contribution is 6.30. The van der Waals surface area contributed by atoms with Gasteiger partial charge in [0.1, 0.15) is 5.82 Å². The minimum absolute atomic E-state index is 0.0940. The Morgan fingerprint density at radius 3 is 3.05 bits per heavy atom. The molecule has 0 saturated heterocycles. The number of nitrogens with one attached hydrogen (secondary N) is 1. The van der Waals surface area contributed by atoms with Gasteiger partial charge in [0.2, 0.25) is 5.95 Å². The van der Waals surface area contributed by atoms with Gasteiger partial charge in [-0.25, -0.2) is 9.37 Å². The number of halogens is 2. The summed E-state index contributed by atoms with van der Waals surface area (Å²) in [6.07, 6.45) is 4.35. The third-order valence-corrected chi connectivity index (χ3v) is 2.92. The van der Waals surface area contributed by atoms with Crippen LogP contribution in [0.25, 0.3) is 5.69 Å². The molecule has 0 saturated carbocycles. The molecule has 4 nitrogen and oxygen atoms in total. The maximum absolute atomic E-state index is 13.1. The monoisotopic (exact) mass is 283 g/mol. The number of benzene rings is 1. The predicted molar refractivity (Wildman–Crippen MR) is 73.5 cm³/mol. The highest BCUT2D eigenvalue weighted by Gasteiger charge is 2.07. The number of hydrogen-bond acceptors (Lipinski definition) is 3. The highest BCUT2D eigenvalue weighted by Crippen LogP contribution is 2.21. The van der Waals surface area contributed by atoms with Crippen molar-refractivity contribution < 1.29 is 9.13 Å². The van der Waals surface area contributed by atoms with Crippen LogP contribution in [0.5, 0.6) is 0 Å². The van der Waals surface area contributed by atoms with E-state index in [1.165, 1.54) is 6.07 Å². The van der Waals surface area contributed by atoms with E-state index in [9.17, 15) is 4.39 Å². The van der Waals surface area contributed by atoms with Gasteiger partial charge in [-0.05, 0) is 24.6 Å². The topological polar surface area (TPSA) is 39.1 Å². The van der Waals surface area contributed by atoms with E-state index in [0.29, 0.717) is 12.6 Å². The molecule has 19 heavy (non-hydrogen) atoms. The molecule has 102 valence electrons. The minimum atomic E-state index is -0.430. The summed E-state index contributed by atoms with van der Waals surface area (Å²) in [4.78, 5) is 4.22. The number of imidazole rings is 1. The molecule has 0 amide bonds. The average Bonchev–Trinajstić information content (AvgIpc) is 2.86. The molecule has 0 spiro atoms. The van der Waals surface area contributed by atoms with E-state index >= 15 is 0 Å². The van der Waals surface area contributed by atoms with Gasteiger partial charge in [0, 0.05) is 32.7 Å². The third kappa shape index (κ3) is 3.45. The molecule has 0 radical (unpaired) electrons. The van der Waals surface area contributed by atoms with Gasteiger partial charge in [0.25, 0.3) is 0 Å². The summed E-state index contributed by atoms with van der Waals surface area (Å²) in [7, 11) is 1.67. The van der Waals surface area contributed by atoms with Crippen LogP contribution in [0.1, 0.15) is 6.42 Å². The molecule has 1 N–H and O–H groups in total. The number of anilines is 1. The second-order valence-corrected chi connectivity index (χ2v) is 4.40. The maximum atomic E-state index is 13.1.